The lowest BCUT2D eigenvalue weighted by Gasteiger charge is -2.28. The molecule has 0 bridgehead atoms. The van der Waals surface area contributed by atoms with Crippen LogP contribution < -0.4 is 15.4 Å². The van der Waals surface area contributed by atoms with Crippen molar-refractivity contribution in [2.45, 2.75) is 44.5 Å². The highest BCUT2D eigenvalue weighted by Crippen LogP contribution is 2.37. The highest BCUT2D eigenvalue weighted by molar-refractivity contribution is 7.99. The van der Waals surface area contributed by atoms with Crippen LogP contribution in [0.3, 0.4) is 0 Å². The topological polar surface area (TPSA) is 81.1 Å². The predicted octanol–water partition coefficient (Wildman–Crippen LogP) is 7.98. The van der Waals surface area contributed by atoms with Crippen LogP contribution >= 0.6 is 35.0 Å². The van der Waals surface area contributed by atoms with Crippen LogP contribution in [0.15, 0.2) is 89.2 Å². The molecule has 0 aliphatic carbocycles. The molecule has 2 heterocycles. The largest absolute Gasteiger partial charge is 0.489 e. The number of thioether (sulfide) groups is 1. The number of anilines is 2. The Morgan fingerprint density at radius 3 is 2.58 bits per heavy atom. The van der Waals surface area contributed by atoms with Crippen molar-refractivity contribution in [3.8, 4) is 5.75 Å². The lowest BCUT2D eigenvalue weighted by molar-refractivity contribution is -0.113. The van der Waals surface area contributed by atoms with Gasteiger partial charge in [-0.25, -0.2) is 4.68 Å². The fraction of sp³-hybridized carbons (Fsp3) is 0.233. The molecule has 1 aliphatic heterocycles. The van der Waals surface area contributed by atoms with Gasteiger partial charge in [-0.1, -0.05) is 84.7 Å². The SMILES string of the molecule is CCCCSc1nc2n(n1)C(c1ccc(OCc3ccc(Cl)c(Cl)c3)cc1)C(C(=O)Nc1ccccc1)=C(C)N2. The van der Waals surface area contributed by atoms with E-state index in [1.54, 1.807) is 28.6 Å². The van der Waals surface area contributed by atoms with Crippen molar-refractivity contribution in [3.05, 3.63) is 105 Å². The van der Waals surface area contributed by atoms with Crippen molar-refractivity contribution >= 4 is 52.5 Å². The first-order valence-corrected chi connectivity index (χ1v) is 14.8. The minimum atomic E-state index is -0.475. The highest BCUT2D eigenvalue weighted by Gasteiger charge is 2.34. The third kappa shape index (κ3) is 6.46. The third-order valence-electron chi connectivity index (χ3n) is 6.42. The van der Waals surface area contributed by atoms with E-state index in [1.165, 1.54) is 0 Å². The van der Waals surface area contributed by atoms with Crippen LogP contribution in [0.2, 0.25) is 10.0 Å². The van der Waals surface area contributed by atoms with Gasteiger partial charge in [0.15, 0.2) is 0 Å². The van der Waals surface area contributed by atoms with E-state index >= 15 is 0 Å². The van der Waals surface area contributed by atoms with Crippen molar-refractivity contribution in [1.82, 2.24) is 14.8 Å². The molecule has 0 radical (unpaired) electrons. The van der Waals surface area contributed by atoms with E-state index in [9.17, 15) is 4.79 Å². The number of allylic oxidation sites excluding steroid dienone is 1. The van der Waals surface area contributed by atoms with E-state index in [-0.39, 0.29) is 5.91 Å². The van der Waals surface area contributed by atoms with Gasteiger partial charge in [0.2, 0.25) is 11.1 Å². The van der Waals surface area contributed by atoms with Crippen LogP contribution in [-0.4, -0.2) is 26.4 Å². The van der Waals surface area contributed by atoms with Crippen molar-refractivity contribution in [2.75, 3.05) is 16.4 Å². The smallest absolute Gasteiger partial charge is 0.255 e. The zero-order chi connectivity index (χ0) is 28.1. The number of rotatable bonds is 10. The lowest BCUT2D eigenvalue weighted by atomic mass is 9.95. The standard InChI is InChI=1S/C30H29Cl2N5O2S/c1-3-4-16-40-30-35-29-33-19(2)26(28(38)34-22-8-6-5-7-9-22)27(37(29)36-30)21-11-13-23(14-12-21)39-18-20-10-15-24(31)25(32)17-20/h5-15,17,27H,3-4,16,18H2,1-2H3,(H,34,38)(H,33,35,36). The Labute approximate surface area is 247 Å². The Hall–Kier alpha value is -3.46. The van der Waals surface area contributed by atoms with Gasteiger partial charge in [0, 0.05) is 17.1 Å². The first kappa shape index (κ1) is 28.1. The van der Waals surface area contributed by atoms with E-state index in [0.29, 0.717) is 39.1 Å². The molecule has 10 heteroatoms. The van der Waals surface area contributed by atoms with Gasteiger partial charge in [-0.05, 0) is 60.9 Å². The van der Waals surface area contributed by atoms with E-state index in [2.05, 4.69) is 17.6 Å². The highest BCUT2D eigenvalue weighted by atomic mass is 35.5. The molecule has 40 heavy (non-hydrogen) atoms. The van der Waals surface area contributed by atoms with Gasteiger partial charge in [0.1, 0.15) is 18.4 Å². The van der Waals surface area contributed by atoms with Gasteiger partial charge in [0.05, 0.1) is 15.6 Å². The number of carbonyl (C=O) groups is 1. The summed E-state index contributed by atoms with van der Waals surface area (Å²) in [5.41, 5.74) is 3.81. The maximum absolute atomic E-state index is 13.6. The monoisotopic (exact) mass is 593 g/mol. The predicted molar refractivity (Wildman–Crippen MR) is 162 cm³/mol. The number of fused-ring (bicyclic) bond motifs is 1. The molecule has 5 rings (SSSR count). The molecular weight excluding hydrogens is 565 g/mol. The van der Waals surface area contributed by atoms with Crippen molar-refractivity contribution in [2.24, 2.45) is 0 Å². The molecule has 3 aromatic carbocycles. The summed E-state index contributed by atoms with van der Waals surface area (Å²) in [4.78, 5) is 18.4. The molecule has 1 atom stereocenters. The van der Waals surface area contributed by atoms with Crippen LogP contribution in [-0.2, 0) is 11.4 Å². The number of amides is 1. The number of para-hydroxylation sites is 1. The summed E-state index contributed by atoms with van der Waals surface area (Å²) in [6.07, 6.45) is 2.18. The lowest BCUT2D eigenvalue weighted by Crippen LogP contribution is -2.31. The zero-order valence-corrected chi connectivity index (χ0v) is 24.5. The molecule has 0 saturated heterocycles. The van der Waals surface area contributed by atoms with Gasteiger partial charge in [0.25, 0.3) is 5.91 Å². The molecule has 1 unspecified atom stereocenters. The molecule has 0 spiro atoms. The molecule has 4 aromatic rings. The Morgan fingerprint density at radius 1 is 1.07 bits per heavy atom. The quantitative estimate of drug-likeness (QED) is 0.143. The number of ether oxygens (including phenoxy) is 1. The number of unbranched alkanes of at least 4 members (excludes halogenated alkanes) is 1. The number of nitrogens with one attached hydrogen (secondary N) is 2. The first-order chi connectivity index (χ1) is 19.4. The van der Waals surface area contributed by atoms with Crippen LogP contribution in [0, 0.1) is 0 Å². The van der Waals surface area contributed by atoms with Gasteiger partial charge < -0.3 is 15.4 Å². The second-order valence-electron chi connectivity index (χ2n) is 9.36. The summed E-state index contributed by atoms with van der Waals surface area (Å²) in [5.74, 6) is 2.03. The average Bonchev–Trinajstić information content (AvgIpc) is 3.36. The second-order valence-corrected chi connectivity index (χ2v) is 11.2. The Kier molecular flexibility index (Phi) is 8.99. The number of hydrogen-bond acceptors (Lipinski definition) is 6. The van der Waals surface area contributed by atoms with E-state index < -0.39 is 6.04 Å². The number of carbonyl (C=O) groups excluding carboxylic acids is 1. The van der Waals surface area contributed by atoms with Crippen LogP contribution in [0.5, 0.6) is 5.75 Å². The molecule has 1 aromatic heterocycles. The maximum atomic E-state index is 13.6. The maximum Gasteiger partial charge on any atom is 0.255 e. The number of nitrogens with zero attached hydrogens (tertiary/aromatic N) is 3. The number of halogens is 2. The molecule has 2 N–H and O–H groups in total. The summed E-state index contributed by atoms with van der Waals surface area (Å²) in [6, 6.07) is 22.1. The third-order valence-corrected chi connectivity index (χ3v) is 8.09. The molecule has 0 saturated carbocycles. The number of aromatic nitrogens is 3. The molecule has 1 amide bonds. The summed E-state index contributed by atoms with van der Waals surface area (Å²) >= 11 is 13.8. The summed E-state index contributed by atoms with van der Waals surface area (Å²) < 4.78 is 7.79. The van der Waals surface area contributed by atoms with Crippen molar-refractivity contribution < 1.29 is 9.53 Å². The first-order valence-electron chi connectivity index (χ1n) is 13.0. The fourth-order valence-corrected chi connectivity index (χ4v) is 5.60. The minimum absolute atomic E-state index is 0.206. The van der Waals surface area contributed by atoms with Crippen molar-refractivity contribution in [1.29, 1.82) is 0 Å². The van der Waals surface area contributed by atoms with Crippen LogP contribution in [0.4, 0.5) is 11.6 Å². The van der Waals surface area contributed by atoms with Gasteiger partial charge in [-0.3, -0.25) is 4.79 Å². The molecular formula is C30H29Cl2N5O2S. The Morgan fingerprint density at radius 2 is 1.85 bits per heavy atom. The number of hydrogen-bond donors (Lipinski definition) is 2. The minimum Gasteiger partial charge on any atom is -0.489 e. The van der Waals surface area contributed by atoms with Gasteiger partial charge in [-0.2, -0.15) is 4.98 Å². The molecule has 206 valence electrons. The fourth-order valence-electron chi connectivity index (χ4n) is 4.36. The molecule has 0 fully saturated rings. The summed E-state index contributed by atoms with van der Waals surface area (Å²) in [6.45, 7) is 4.40. The van der Waals surface area contributed by atoms with E-state index in [1.807, 2.05) is 67.6 Å². The molecule has 7 nitrogen and oxygen atoms in total. The zero-order valence-electron chi connectivity index (χ0n) is 22.2. The van der Waals surface area contributed by atoms with E-state index in [0.717, 1.165) is 41.1 Å². The molecule has 1 aliphatic rings. The van der Waals surface area contributed by atoms with Gasteiger partial charge >= 0.3 is 0 Å². The van der Waals surface area contributed by atoms with Crippen LogP contribution in [0.1, 0.15) is 43.9 Å². The van der Waals surface area contributed by atoms with Crippen molar-refractivity contribution in [3.63, 3.8) is 0 Å². The van der Waals surface area contributed by atoms with Gasteiger partial charge in [-0.15, -0.1) is 5.10 Å². The second kappa shape index (κ2) is 12.8. The number of benzene rings is 3. The average molecular weight is 595 g/mol. The van der Waals surface area contributed by atoms with Crippen LogP contribution in [0.25, 0.3) is 0 Å². The Balaban J connectivity index is 1.43. The van der Waals surface area contributed by atoms with E-state index in [4.69, 9.17) is 38.0 Å². The Bertz CT molecular complexity index is 1520. The summed E-state index contributed by atoms with van der Waals surface area (Å²) in [7, 11) is 0. The normalized spacial score (nSPS) is 14.4. The summed E-state index contributed by atoms with van der Waals surface area (Å²) in [5, 5.41) is 12.8.